The molecule has 2 nitrogen and oxygen atoms in total. The lowest BCUT2D eigenvalue weighted by molar-refractivity contribution is 0.292. The molecule has 0 atom stereocenters. The minimum absolute atomic E-state index is 0.0400. The number of hydrogen-bond donors (Lipinski definition) is 1. The summed E-state index contributed by atoms with van der Waals surface area (Å²) in [6, 6.07) is 42.2. The normalized spacial score (nSPS) is 12.2. The molecule has 0 bridgehead atoms. The molecule has 0 aromatic heterocycles. The summed E-state index contributed by atoms with van der Waals surface area (Å²) < 4.78 is 7.12. The van der Waals surface area contributed by atoms with Crippen molar-refractivity contribution in [2.24, 2.45) is 0 Å². The van der Waals surface area contributed by atoms with Gasteiger partial charge in [0, 0.05) is 17.2 Å². The molecule has 0 radical (unpaired) electrons. The van der Waals surface area contributed by atoms with E-state index in [0.717, 1.165) is 29.1 Å². The van der Waals surface area contributed by atoms with Crippen LogP contribution in [0.25, 0.3) is 0 Å². The van der Waals surface area contributed by atoms with Gasteiger partial charge in [-0.1, -0.05) is 142 Å². The van der Waals surface area contributed by atoms with Crippen molar-refractivity contribution in [2.75, 3.05) is 11.9 Å². The third-order valence-electron chi connectivity index (χ3n) is 6.73. The Hall–Kier alpha value is -2.96. The summed E-state index contributed by atoms with van der Waals surface area (Å²) in [5, 5.41) is 8.19. The highest BCUT2D eigenvalue weighted by Crippen LogP contribution is 2.37. The van der Waals surface area contributed by atoms with Crippen LogP contribution in [0.3, 0.4) is 0 Å². The van der Waals surface area contributed by atoms with Crippen LogP contribution in [0, 0.1) is 0 Å². The highest BCUT2D eigenvalue weighted by atomic mass is 32.2. The lowest BCUT2D eigenvalue weighted by Gasteiger charge is -2.43. The molecule has 0 aliphatic rings. The molecule has 4 rings (SSSR count). The van der Waals surface area contributed by atoms with Gasteiger partial charge in [-0.3, -0.25) is 0 Å². The second-order valence-corrected chi connectivity index (χ2v) is 16.2. The van der Waals surface area contributed by atoms with Gasteiger partial charge in [-0.05, 0) is 63.5 Å². The number of benzene rings is 4. The van der Waals surface area contributed by atoms with E-state index < -0.39 is 8.32 Å². The molecule has 0 aliphatic carbocycles. The Morgan fingerprint density at radius 3 is 1.77 bits per heavy atom. The van der Waals surface area contributed by atoms with Crippen LogP contribution in [0.4, 0.5) is 5.69 Å². The zero-order chi connectivity index (χ0) is 27.6. The van der Waals surface area contributed by atoms with Gasteiger partial charge in [-0.15, -0.1) is 0 Å². The molecule has 0 spiro atoms. The first-order valence-electron chi connectivity index (χ1n) is 13.4. The van der Waals surface area contributed by atoms with Crippen molar-refractivity contribution in [3.05, 3.63) is 132 Å². The summed E-state index contributed by atoms with van der Waals surface area (Å²) in [7, 11) is -2.55. The van der Waals surface area contributed by atoms with Gasteiger partial charge in [0.2, 0.25) is 0 Å². The first-order chi connectivity index (χ1) is 18.9. The number of thiocarbonyl (C=S) groups is 1. The Morgan fingerprint density at radius 2 is 1.26 bits per heavy atom. The summed E-state index contributed by atoms with van der Waals surface area (Å²) in [6.45, 7) is 7.62. The zero-order valence-corrected chi connectivity index (χ0v) is 25.6. The molecule has 0 unspecified atom stereocenters. The maximum atomic E-state index is 7.12. The second-order valence-electron chi connectivity index (χ2n) is 10.5. The number of para-hydroxylation sites is 1. The van der Waals surface area contributed by atoms with Gasteiger partial charge in [0.1, 0.15) is 4.99 Å². The summed E-state index contributed by atoms with van der Waals surface area (Å²) in [5.41, 5.74) is 2.12. The van der Waals surface area contributed by atoms with E-state index in [4.69, 9.17) is 16.6 Å². The van der Waals surface area contributed by atoms with Gasteiger partial charge in [-0.2, -0.15) is 0 Å². The third-order valence-corrected chi connectivity index (χ3v) is 13.1. The van der Waals surface area contributed by atoms with Gasteiger partial charge < -0.3 is 9.74 Å². The molecule has 4 aromatic rings. The first-order valence-corrected chi connectivity index (χ1v) is 16.6. The smallest absolute Gasteiger partial charge is 0.261 e. The maximum Gasteiger partial charge on any atom is 0.261 e. The van der Waals surface area contributed by atoms with Crippen LogP contribution in [0.1, 0.15) is 33.6 Å². The van der Waals surface area contributed by atoms with E-state index in [1.54, 1.807) is 11.8 Å². The molecule has 1 N–H and O–H groups in total. The van der Waals surface area contributed by atoms with Crippen LogP contribution < -0.4 is 15.7 Å². The van der Waals surface area contributed by atoms with Crippen molar-refractivity contribution in [1.29, 1.82) is 0 Å². The number of thioether (sulfide) groups is 1. The van der Waals surface area contributed by atoms with E-state index in [-0.39, 0.29) is 5.04 Å². The topological polar surface area (TPSA) is 21.3 Å². The Kier molecular flexibility index (Phi) is 10.3. The Labute approximate surface area is 244 Å². The first kappa shape index (κ1) is 29.0. The lowest BCUT2D eigenvalue weighted by Crippen LogP contribution is -2.66. The molecule has 4 aromatic carbocycles. The van der Waals surface area contributed by atoms with Gasteiger partial charge in [-0.25, -0.2) is 0 Å². The molecule has 0 aliphatic heterocycles. The van der Waals surface area contributed by atoms with E-state index in [1.165, 1.54) is 15.3 Å². The second kappa shape index (κ2) is 13.9. The van der Waals surface area contributed by atoms with Crippen LogP contribution in [-0.2, 0) is 4.43 Å². The van der Waals surface area contributed by atoms with Crippen molar-refractivity contribution < 1.29 is 4.43 Å². The molecule has 0 fully saturated rings. The molecule has 0 heterocycles. The third kappa shape index (κ3) is 7.58. The fourth-order valence-electron chi connectivity index (χ4n) is 4.85. The largest absolute Gasteiger partial charge is 0.407 e. The molecule has 0 saturated carbocycles. The van der Waals surface area contributed by atoms with E-state index >= 15 is 0 Å². The summed E-state index contributed by atoms with van der Waals surface area (Å²) in [5.74, 6) is 0. The fourth-order valence-corrected chi connectivity index (χ4v) is 10.6. The molecule has 0 amide bonds. The zero-order valence-electron chi connectivity index (χ0n) is 23.0. The van der Waals surface area contributed by atoms with Crippen molar-refractivity contribution in [3.63, 3.8) is 0 Å². The molecule has 5 heteroatoms. The Balaban J connectivity index is 1.54. The van der Waals surface area contributed by atoms with Crippen LogP contribution in [0.5, 0.6) is 0 Å². The summed E-state index contributed by atoms with van der Waals surface area (Å²) >= 11 is 7.59. The minimum atomic E-state index is -2.55. The van der Waals surface area contributed by atoms with Crippen LogP contribution in [0.15, 0.2) is 137 Å². The van der Waals surface area contributed by atoms with Crippen molar-refractivity contribution in [2.45, 2.75) is 43.5 Å². The van der Waals surface area contributed by atoms with Crippen molar-refractivity contribution in [3.8, 4) is 0 Å². The van der Waals surface area contributed by atoms with E-state index in [0.29, 0.717) is 6.61 Å². The number of nitrogens with one attached hydrogen (secondary N) is 1. The van der Waals surface area contributed by atoms with Crippen molar-refractivity contribution >= 4 is 53.3 Å². The van der Waals surface area contributed by atoms with E-state index in [9.17, 15) is 0 Å². The SMILES string of the molecule is CC(C)(C)[Si](OCCCC(=CSc1ccccc1)C(=S)Nc1ccccc1)(c1ccccc1)c1ccccc1. The number of hydrogen-bond acceptors (Lipinski definition) is 3. The van der Waals surface area contributed by atoms with Crippen molar-refractivity contribution in [1.82, 2.24) is 0 Å². The summed E-state index contributed by atoms with van der Waals surface area (Å²) in [6.07, 6.45) is 1.71. The number of anilines is 1. The monoisotopic (exact) mass is 567 g/mol. The van der Waals surface area contributed by atoms with E-state index in [1.807, 2.05) is 36.4 Å². The molecular formula is C34H37NOS2Si. The maximum absolute atomic E-state index is 7.12. The average molecular weight is 568 g/mol. The van der Waals surface area contributed by atoms with Crippen LogP contribution in [0.2, 0.25) is 5.04 Å². The predicted molar refractivity (Wildman–Crippen MR) is 176 cm³/mol. The predicted octanol–water partition coefficient (Wildman–Crippen LogP) is 8.46. The fraction of sp³-hybridized carbons (Fsp3) is 0.206. The van der Waals surface area contributed by atoms with Gasteiger partial charge in [0.25, 0.3) is 8.32 Å². The average Bonchev–Trinajstić information content (AvgIpc) is 2.96. The van der Waals surface area contributed by atoms with Gasteiger partial charge in [0.15, 0.2) is 0 Å². The number of rotatable bonds is 11. The standard InChI is InChI=1S/C34H37NOS2Si/c1-34(2,3)39(31-22-12-6-13-23-31,32-24-14-7-15-25-32)36-26-16-17-28(27-38-30-20-10-5-11-21-30)33(37)35-29-18-8-4-9-19-29/h4-15,18-25,27H,16-17,26H2,1-3H3,(H,35,37). The molecule has 200 valence electrons. The Morgan fingerprint density at radius 1 is 0.769 bits per heavy atom. The Bertz CT molecular complexity index is 1300. The van der Waals surface area contributed by atoms with Gasteiger partial charge >= 0.3 is 0 Å². The van der Waals surface area contributed by atoms with Crippen LogP contribution >= 0.6 is 24.0 Å². The minimum Gasteiger partial charge on any atom is -0.407 e. The quantitative estimate of drug-likeness (QED) is 0.0645. The lowest BCUT2D eigenvalue weighted by atomic mass is 10.1. The highest BCUT2D eigenvalue weighted by Gasteiger charge is 2.49. The van der Waals surface area contributed by atoms with E-state index in [2.05, 4.69) is 116 Å². The molecular weight excluding hydrogens is 531 g/mol. The molecule has 0 saturated heterocycles. The van der Waals surface area contributed by atoms with Crippen LogP contribution in [-0.4, -0.2) is 19.9 Å². The molecule has 39 heavy (non-hydrogen) atoms. The summed E-state index contributed by atoms with van der Waals surface area (Å²) in [4.78, 5) is 1.95. The van der Waals surface area contributed by atoms with Gasteiger partial charge in [0.05, 0.1) is 0 Å². The highest BCUT2D eigenvalue weighted by molar-refractivity contribution is 8.02.